The Morgan fingerprint density at radius 1 is 0.694 bits per heavy atom. The fourth-order valence-electron chi connectivity index (χ4n) is 4.84. The molecule has 11 heteroatoms. The molecule has 2 aliphatic rings. The van der Waals surface area contributed by atoms with E-state index in [0.717, 1.165) is 6.07 Å². The molecular formula is C25H31FO10. The lowest BCUT2D eigenvalue weighted by Gasteiger charge is -2.40. The first-order valence-electron chi connectivity index (χ1n) is 11.6. The van der Waals surface area contributed by atoms with Crippen molar-refractivity contribution < 1.29 is 54.7 Å². The van der Waals surface area contributed by atoms with Gasteiger partial charge in [-0.05, 0) is 35.2 Å². The van der Waals surface area contributed by atoms with Crippen LogP contribution in [0, 0.1) is 12.7 Å². The van der Waals surface area contributed by atoms with Crippen LogP contribution in [0.1, 0.15) is 28.9 Å². The molecule has 0 spiro atoms. The monoisotopic (exact) mass is 510 g/mol. The summed E-state index contributed by atoms with van der Waals surface area (Å²) in [6.07, 6.45) is -13.4. The van der Waals surface area contributed by atoms with Crippen LogP contribution in [0.4, 0.5) is 4.39 Å². The highest BCUT2D eigenvalue weighted by Crippen LogP contribution is 2.37. The fourth-order valence-corrected chi connectivity index (χ4v) is 4.84. The van der Waals surface area contributed by atoms with Crippen molar-refractivity contribution in [2.45, 2.75) is 68.0 Å². The van der Waals surface area contributed by atoms with Crippen molar-refractivity contribution in [3.63, 3.8) is 0 Å². The average Bonchev–Trinajstić information content (AvgIpc) is 2.86. The molecule has 10 atom stereocenters. The molecule has 0 bridgehead atoms. The molecule has 10 nitrogen and oxygen atoms in total. The highest BCUT2D eigenvalue weighted by atomic mass is 19.1. The number of ether oxygens (including phenoxy) is 2. The Hall–Kier alpha value is -2.03. The van der Waals surface area contributed by atoms with Gasteiger partial charge in [-0.2, -0.15) is 0 Å². The quantitative estimate of drug-likeness (QED) is 0.244. The number of benzene rings is 2. The Balaban J connectivity index is 1.59. The van der Waals surface area contributed by atoms with Gasteiger partial charge in [-0.1, -0.05) is 30.3 Å². The zero-order chi connectivity index (χ0) is 26.3. The maximum Gasteiger partial charge on any atom is 0.131 e. The molecule has 4 rings (SSSR count). The van der Waals surface area contributed by atoms with Gasteiger partial charge >= 0.3 is 0 Å². The Kier molecular flexibility index (Phi) is 8.07. The van der Waals surface area contributed by atoms with Gasteiger partial charge in [0.05, 0.1) is 13.2 Å². The van der Waals surface area contributed by atoms with E-state index in [4.69, 9.17) is 9.47 Å². The molecule has 8 N–H and O–H groups in total. The summed E-state index contributed by atoms with van der Waals surface area (Å²) in [7, 11) is 0. The Morgan fingerprint density at radius 2 is 1.25 bits per heavy atom. The summed E-state index contributed by atoms with van der Waals surface area (Å²) in [5, 5.41) is 79.6. The summed E-state index contributed by atoms with van der Waals surface area (Å²) in [5.74, 6) is -0.649. The van der Waals surface area contributed by atoms with E-state index < -0.39 is 80.1 Å². The summed E-state index contributed by atoms with van der Waals surface area (Å²) < 4.78 is 26.3. The summed E-state index contributed by atoms with van der Waals surface area (Å²) in [6.45, 7) is 0.563. The molecule has 2 fully saturated rings. The average molecular weight is 511 g/mol. The summed E-state index contributed by atoms with van der Waals surface area (Å²) >= 11 is 0. The predicted molar refractivity (Wildman–Crippen MR) is 122 cm³/mol. The lowest BCUT2D eigenvalue weighted by molar-refractivity contribution is -0.231. The van der Waals surface area contributed by atoms with E-state index >= 15 is 4.39 Å². The Bertz CT molecular complexity index is 1060. The number of hydrogen-bond donors (Lipinski definition) is 8. The third kappa shape index (κ3) is 4.79. The minimum absolute atomic E-state index is 0.211. The third-order valence-corrected chi connectivity index (χ3v) is 6.99. The van der Waals surface area contributed by atoms with Crippen LogP contribution in [0.3, 0.4) is 0 Å². The molecule has 36 heavy (non-hydrogen) atoms. The maximum absolute atomic E-state index is 15.2. The van der Waals surface area contributed by atoms with E-state index in [0.29, 0.717) is 16.7 Å². The first-order chi connectivity index (χ1) is 17.1. The van der Waals surface area contributed by atoms with Crippen molar-refractivity contribution >= 4 is 0 Å². The number of aryl methyl sites for hydroxylation is 1. The number of halogens is 1. The van der Waals surface area contributed by atoms with E-state index in [-0.39, 0.29) is 11.1 Å². The fraction of sp³-hybridized carbons (Fsp3) is 0.520. The second-order valence-corrected chi connectivity index (χ2v) is 9.31. The van der Waals surface area contributed by atoms with Gasteiger partial charge in [-0.15, -0.1) is 0 Å². The minimum Gasteiger partial charge on any atom is -0.394 e. The van der Waals surface area contributed by atoms with Gasteiger partial charge in [0.25, 0.3) is 0 Å². The van der Waals surface area contributed by atoms with Crippen LogP contribution in [0.25, 0.3) is 11.1 Å². The molecule has 2 aromatic rings. The minimum atomic E-state index is -1.58. The molecule has 2 aliphatic heterocycles. The smallest absolute Gasteiger partial charge is 0.131 e. The van der Waals surface area contributed by atoms with Crippen molar-refractivity contribution in [3.05, 3.63) is 58.9 Å². The number of aliphatic hydroxyl groups is 8. The van der Waals surface area contributed by atoms with Gasteiger partial charge in [0, 0.05) is 5.56 Å². The molecule has 0 unspecified atom stereocenters. The second-order valence-electron chi connectivity index (χ2n) is 9.31. The Labute approximate surface area is 206 Å². The van der Waals surface area contributed by atoms with Crippen molar-refractivity contribution in [1.82, 2.24) is 0 Å². The van der Waals surface area contributed by atoms with E-state index in [1.54, 1.807) is 25.1 Å². The number of aliphatic hydroxyl groups excluding tert-OH is 8. The van der Waals surface area contributed by atoms with Crippen LogP contribution in [0.5, 0.6) is 0 Å². The van der Waals surface area contributed by atoms with E-state index in [9.17, 15) is 40.9 Å². The first kappa shape index (κ1) is 27.0. The van der Waals surface area contributed by atoms with Crippen LogP contribution in [-0.4, -0.2) is 103 Å². The van der Waals surface area contributed by atoms with E-state index in [2.05, 4.69) is 0 Å². The van der Waals surface area contributed by atoms with Crippen LogP contribution in [0.15, 0.2) is 36.4 Å². The van der Waals surface area contributed by atoms with Crippen molar-refractivity contribution in [2.24, 2.45) is 0 Å². The van der Waals surface area contributed by atoms with Crippen molar-refractivity contribution in [1.29, 1.82) is 0 Å². The van der Waals surface area contributed by atoms with E-state index in [1.165, 1.54) is 12.1 Å². The highest BCUT2D eigenvalue weighted by molar-refractivity contribution is 5.66. The standard InChI is InChI=1S/C25H31FO10/c1-10-6-11(2-4-13(10)25-23(34)21(32)19(30)17(9-28)36-25)14-5-3-12(7-15(14)26)24-22(33)20(31)18(29)16(8-27)35-24/h2-7,16-25,27-34H,8-9H2,1H3/t16-,17-,18-,19-,20+,21+,22+,23+,24-,25-/m1/s1. The van der Waals surface area contributed by atoms with Crippen LogP contribution in [0.2, 0.25) is 0 Å². The topological polar surface area (TPSA) is 180 Å². The zero-order valence-electron chi connectivity index (χ0n) is 19.4. The van der Waals surface area contributed by atoms with Crippen LogP contribution < -0.4 is 0 Å². The largest absolute Gasteiger partial charge is 0.394 e. The molecule has 2 heterocycles. The molecule has 0 amide bonds. The maximum atomic E-state index is 15.2. The second kappa shape index (κ2) is 10.8. The van der Waals surface area contributed by atoms with E-state index in [1.807, 2.05) is 0 Å². The van der Waals surface area contributed by atoms with Gasteiger partial charge in [0.15, 0.2) is 0 Å². The van der Waals surface area contributed by atoms with Gasteiger partial charge in [-0.3, -0.25) is 0 Å². The van der Waals surface area contributed by atoms with Gasteiger partial charge in [0.2, 0.25) is 0 Å². The third-order valence-electron chi connectivity index (χ3n) is 6.99. The summed E-state index contributed by atoms with van der Waals surface area (Å²) in [5.41, 5.74) is 2.01. The lowest BCUT2D eigenvalue weighted by Crippen LogP contribution is -2.55. The van der Waals surface area contributed by atoms with Crippen molar-refractivity contribution in [2.75, 3.05) is 13.2 Å². The SMILES string of the molecule is Cc1cc(-c2ccc([C@H]3O[C@H](CO)[C@@H](O)[C@H](O)[C@@H]3O)cc2F)ccc1[C@H]1O[C@H](CO)[C@@H](O)[C@H](O)[C@@H]1O. The first-order valence-corrected chi connectivity index (χ1v) is 11.6. The molecule has 0 aromatic heterocycles. The van der Waals surface area contributed by atoms with Crippen LogP contribution >= 0.6 is 0 Å². The normalized spacial score (nSPS) is 37.2. The molecule has 0 radical (unpaired) electrons. The van der Waals surface area contributed by atoms with Gasteiger partial charge in [0.1, 0.15) is 66.9 Å². The van der Waals surface area contributed by atoms with Crippen LogP contribution in [-0.2, 0) is 9.47 Å². The number of rotatable bonds is 5. The van der Waals surface area contributed by atoms with Gasteiger partial charge < -0.3 is 50.3 Å². The molecule has 0 aliphatic carbocycles. The molecule has 198 valence electrons. The number of hydrogen-bond acceptors (Lipinski definition) is 10. The highest BCUT2D eigenvalue weighted by Gasteiger charge is 2.45. The van der Waals surface area contributed by atoms with Gasteiger partial charge in [-0.25, -0.2) is 4.39 Å². The molecule has 0 saturated carbocycles. The summed E-state index contributed by atoms with van der Waals surface area (Å²) in [6, 6.07) is 8.96. The molecule has 2 saturated heterocycles. The zero-order valence-corrected chi connectivity index (χ0v) is 19.4. The summed E-state index contributed by atoms with van der Waals surface area (Å²) in [4.78, 5) is 0. The van der Waals surface area contributed by atoms with Crippen molar-refractivity contribution in [3.8, 4) is 11.1 Å². The Morgan fingerprint density at radius 3 is 1.78 bits per heavy atom. The molecular weight excluding hydrogens is 479 g/mol. The lowest BCUT2D eigenvalue weighted by atomic mass is 9.87. The molecule has 2 aromatic carbocycles. The predicted octanol–water partition coefficient (Wildman–Crippen LogP) is -1.17.